The van der Waals surface area contributed by atoms with E-state index < -0.39 is 41.3 Å². The number of ether oxygens (including phenoxy) is 7. The van der Waals surface area contributed by atoms with Crippen molar-refractivity contribution in [3.8, 4) is 0 Å². The Kier molecular flexibility index (Phi) is 13.2. The van der Waals surface area contributed by atoms with Crippen LogP contribution in [0.5, 0.6) is 0 Å². The van der Waals surface area contributed by atoms with Crippen LogP contribution < -0.4 is 0 Å². The largest absolute Gasteiger partial charge is 0.481 e. The number of carbonyl (C=O) groups is 1. The Labute approximate surface area is 327 Å². The Bertz CT molecular complexity index is 1240. The minimum Gasteiger partial charge on any atom is -0.481 e. The van der Waals surface area contributed by atoms with Crippen LogP contribution >= 0.6 is 0 Å². The van der Waals surface area contributed by atoms with Crippen molar-refractivity contribution in [2.45, 2.75) is 192 Å². The van der Waals surface area contributed by atoms with Gasteiger partial charge in [0.15, 0.2) is 11.6 Å². The van der Waals surface area contributed by atoms with Crippen LogP contribution in [-0.4, -0.2) is 107 Å². The smallest absolute Gasteiger partial charge is 0.308 e. The molecule has 0 aromatic rings. The van der Waals surface area contributed by atoms with Crippen molar-refractivity contribution in [3.05, 3.63) is 0 Å². The van der Waals surface area contributed by atoms with Gasteiger partial charge in [0.25, 0.3) is 0 Å². The number of hydrogen-bond acceptors (Lipinski definition) is 10. The van der Waals surface area contributed by atoms with Crippen LogP contribution in [0.4, 0.5) is 0 Å². The first kappa shape index (κ1) is 43.0. The molecule has 52 heavy (non-hydrogen) atoms. The first-order valence-corrected chi connectivity index (χ1v) is 20.0. The second-order valence-corrected chi connectivity index (χ2v) is 18.4. The zero-order valence-electron chi connectivity index (χ0n) is 33.1. The van der Waals surface area contributed by atoms with Crippen LogP contribution in [0, 0.1) is 41.4 Å². The van der Waals surface area contributed by atoms with Gasteiger partial charge in [0.1, 0.15) is 0 Å². The number of rotatable bonds is 9. The molecule has 0 bridgehead atoms. The number of carboxylic acids is 1. The molecular formula is C40H68AgO11. The second-order valence-electron chi connectivity index (χ2n) is 18.4. The fourth-order valence-corrected chi connectivity index (χ4v) is 11.3. The van der Waals surface area contributed by atoms with E-state index in [0.29, 0.717) is 6.42 Å². The van der Waals surface area contributed by atoms with Crippen LogP contribution in [0.15, 0.2) is 0 Å². The molecule has 1 spiro atoms. The molecule has 6 aliphatic heterocycles. The molecule has 6 heterocycles. The summed E-state index contributed by atoms with van der Waals surface area (Å²) in [5, 5.41) is 30.7. The van der Waals surface area contributed by atoms with Crippen molar-refractivity contribution in [1.82, 2.24) is 0 Å². The standard InChI is InChI=1S/C40H68O11.Ag/c1-21-11-12-28(46-33(21)26(6)36(42)43)17-29-18-30(45-10)27(7)40(48-29)25(5)19-38(9,51-40)32-13-14-37(8,49-32)35-23(3)16-31(47-35)34-22(2)15-24(4)39(44,20-41)50-34;/h21-35,41,44H,11-20H2,1-10H3,(H,42,43);. The maximum atomic E-state index is 11.8. The average molecular weight is 833 g/mol. The van der Waals surface area contributed by atoms with E-state index in [1.807, 2.05) is 6.92 Å². The quantitative estimate of drug-likeness (QED) is 0.247. The number of carboxylic acid groups (broad SMARTS) is 1. The van der Waals surface area contributed by atoms with E-state index in [0.717, 1.165) is 51.4 Å². The topological polar surface area (TPSA) is 142 Å². The van der Waals surface area contributed by atoms with Crippen molar-refractivity contribution >= 4 is 5.97 Å². The van der Waals surface area contributed by atoms with E-state index in [1.165, 1.54) is 0 Å². The molecule has 0 saturated carbocycles. The van der Waals surface area contributed by atoms with E-state index in [9.17, 15) is 20.1 Å². The molecule has 6 aliphatic rings. The van der Waals surface area contributed by atoms with Gasteiger partial charge >= 0.3 is 5.97 Å². The Morgan fingerprint density at radius 2 is 1.58 bits per heavy atom. The summed E-state index contributed by atoms with van der Waals surface area (Å²) in [5.41, 5.74) is -1.10. The van der Waals surface area contributed by atoms with E-state index >= 15 is 0 Å². The molecule has 0 aliphatic carbocycles. The maximum absolute atomic E-state index is 11.8. The second kappa shape index (κ2) is 16.0. The van der Waals surface area contributed by atoms with Gasteiger partial charge in [0.2, 0.25) is 0 Å². The number of methoxy groups -OCH3 is 1. The Morgan fingerprint density at radius 1 is 0.865 bits per heavy atom. The van der Waals surface area contributed by atoms with Gasteiger partial charge < -0.3 is 48.5 Å². The molecule has 6 saturated heterocycles. The number of aliphatic carboxylic acids is 1. The molecule has 0 aromatic heterocycles. The predicted octanol–water partition coefficient (Wildman–Crippen LogP) is 5.70. The SMILES string of the molecule is COC1CC(CC2CCC(C)C(C(C)C(=O)O)O2)OC2(OC(C)(C3CCC(C)(C4OC(C5OC(O)(CO)C(C)CC5C)CC4C)O3)CC2C)C1C.[Ag]. The van der Waals surface area contributed by atoms with E-state index in [1.54, 1.807) is 14.0 Å². The molecule has 6 rings (SSSR count). The van der Waals surface area contributed by atoms with Gasteiger partial charge in [-0.15, -0.1) is 0 Å². The van der Waals surface area contributed by atoms with Crippen molar-refractivity contribution in [2.24, 2.45) is 41.4 Å². The first-order chi connectivity index (χ1) is 23.9. The van der Waals surface area contributed by atoms with Crippen LogP contribution in [-0.2, 0) is 60.3 Å². The van der Waals surface area contributed by atoms with Crippen molar-refractivity contribution < 1.29 is 75.7 Å². The maximum Gasteiger partial charge on any atom is 0.308 e. The van der Waals surface area contributed by atoms with Gasteiger partial charge in [0, 0.05) is 60.1 Å². The summed E-state index contributed by atoms with van der Waals surface area (Å²) in [7, 11) is 1.77. The van der Waals surface area contributed by atoms with Crippen LogP contribution in [0.3, 0.4) is 0 Å². The summed E-state index contributed by atoms with van der Waals surface area (Å²) in [6.45, 7) is 18.4. The third-order valence-electron chi connectivity index (χ3n) is 14.4. The number of hydrogen-bond donors (Lipinski definition) is 3. The van der Waals surface area contributed by atoms with E-state index in [2.05, 4.69) is 48.5 Å². The summed E-state index contributed by atoms with van der Waals surface area (Å²) < 4.78 is 47.0. The van der Waals surface area contributed by atoms with Crippen LogP contribution in [0.1, 0.15) is 120 Å². The molecule has 19 unspecified atom stereocenters. The third kappa shape index (κ3) is 7.76. The van der Waals surface area contributed by atoms with Gasteiger partial charge in [-0.3, -0.25) is 4.79 Å². The minimum absolute atomic E-state index is 0. The van der Waals surface area contributed by atoms with Crippen LogP contribution in [0.2, 0.25) is 0 Å². The Balaban J connectivity index is 0.00000523. The Morgan fingerprint density at radius 3 is 2.23 bits per heavy atom. The molecule has 0 amide bonds. The first-order valence-electron chi connectivity index (χ1n) is 20.0. The van der Waals surface area contributed by atoms with Crippen molar-refractivity contribution in [1.29, 1.82) is 0 Å². The molecule has 0 aromatic carbocycles. The molecule has 6 fully saturated rings. The molecule has 11 nitrogen and oxygen atoms in total. The molecule has 12 heteroatoms. The fraction of sp³-hybridized carbons (Fsp3) is 0.975. The summed E-state index contributed by atoms with van der Waals surface area (Å²) in [6.07, 6.45) is 5.85. The fourth-order valence-electron chi connectivity index (χ4n) is 11.3. The molecule has 1 radical (unpaired) electrons. The summed E-state index contributed by atoms with van der Waals surface area (Å²) >= 11 is 0. The predicted molar refractivity (Wildman–Crippen MR) is 189 cm³/mol. The van der Waals surface area contributed by atoms with Gasteiger partial charge in [0.05, 0.1) is 72.6 Å². The summed E-state index contributed by atoms with van der Waals surface area (Å²) in [4.78, 5) is 11.8. The average Bonchev–Trinajstić information content (AvgIpc) is 3.75. The van der Waals surface area contributed by atoms with Gasteiger partial charge in [-0.25, -0.2) is 0 Å². The third-order valence-corrected chi connectivity index (χ3v) is 14.4. The van der Waals surface area contributed by atoms with Crippen molar-refractivity contribution in [2.75, 3.05) is 13.7 Å². The zero-order valence-corrected chi connectivity index (χ0v) is 34.6. The minimum atomic E-state index is -1.55. The normalized spacial score (nSPS) is 53.2. The van der Waals surface area contributed by atoms with E-state index in [-0.39, 0.29) is 107 Å². The van der Waals surface area contributed by atoms with Gasteiger partial charge in [-0.05, 0) is 83.5 Å². The van der Waals surface area contributed by atoms with Crippen LogP contribution in [0.25, 0.3) is 0 Å². The Hall–Kier alpha value is -0.150. The summed E-state index contributed by atoms with van der Waals surface area (Å²) in [6, 6.07) is 0. The zero-order chi connectivity index (χ0) is 37.3. The van der Waals surface area contributed by atoms with E-state index in [4.69, 9.17) is 33.2 Å². The number of aliphatic hydroxyl groups is 2. The van der Waals surface area contributed by atoms with Gasteiger partial charge in [-0.1, -0.05) is 41.5 Å². The monoisotopic (exact) mass is 831 g/mol. The molecule has 305 valence electrons. The number of aliphatic hydroxyl groups excluding tert-OH is 1. The van der Waals surface area contributed by atoms with Gasteiger partial charge in [-0.2, -0.15) is 0 Å². The summed E-state index contributed by atoms with van der Waals surface area (Å²) in [5.74, 6) is -3.26. The molecular weight excluding hydrogens is 764 g/mol. The molecule has 3 N–H and O–H groups in total. The molecule has 19 atom stereocenters. The van der Waals surface area contributed by atoms with Crippen molar-refractivity contribution in [3.63, 3.8) is 0 Å².